The van der Waals surface area contributed by atoms with Crippen molar-refractivity contribution in [2.45, 2.75) is 46.3 Å². The Hall–Kier alpha value is -5.30. The van der Waals surface area contributed by atoms with E-state index >= 15 is 0 Å². The maximum absolute atomic E-state index is 13.1. The maximum atomic E-state index is 13.1. The highest BCUT2D eigenvalue weighted by Crippen LogP contribution is 2.35. The maximum Gasteiger partial charge on any atom is 0.277 e. The van der Waals surface area contributed by atoms with Crippen LogP contribution in [0.25, 0.3) is 0 Å². The molecule has 0 aliphatic rings. The van der Waals surface area contributed by atoms with Crippen LogP contribution < -0.4 is 20.2 Å². The number of hydrogen-bond acceptors (Lipinski definition) is 9. The van der Waals surface area contributed by atoms with Gasteiger partial charge in [-0.2, -0.15) is 5.10 Å². The Labute approximate surface area is 270 Å². The van der Waals surface area contributed by atoms with E-state index in [1.807, 2.05) is 45.0 Å². The van der Waals surface area contributed by atoms with E-state index in [1.54, 1.807) is 18.2 Å². The summed E-state index contributed by atoms with van der Waals surface area (Å²) in [4.78, 5) is 46.9. The quantitative estimate of drug-likeness (QED) is 0.0801. The van der Waals surface area contributed by atoms with Gasteiger partial charge in [0.1, 0.15) is 12.6 Å². The number of nitro groups is 2. The van der Waals surface area contributed by atoms with Gasteiger partial charge in [-0.3, -0.25) is 29.8 Å². The zero-order valence-corrected chi connectivity index (χ0v) is 26.3. The molecule has 0 bridgehead atoms. The summed E-state index contributed by atoms with van der Waals surface area (Å²) in [5.74, 6) is -0.622. The van der Waals surface area contributed by atoms with Crippen LogP contribution >= 0.6 is 11.6 Å². The first-order chi connectivity index (χ1) is 21.9. The van der Waals surface area contributed by atoms with Gasteiger partial charge in [0.05, 0.1) is 34.3 Å². The molecule has 3 aromatic rings. The lowest BCUT2D eigenvalue weighted by atomic mass is 10.0. The van der Waals surface area contributed by atoms with Crippen molar-refractivity contribution in [3.05, 3.63) is 115 Å². The van der Waals surface area contributed by atoms with Gasteiger partial charge >= 0.3 is 0 Å². The molecule has 2 amide bonds. The molecule has 0 saturated heterocycles. The predicted molar refractivity (Wildman–Crippen MR) is 173 cm³/mol. The summed E-state index contributed by atoms with van der Waals surface area (Å²) in [7, 11) is 0. The second-order valence-corrected chi connectivity index (χ2v) is 10.9. The minimum absolute atomic E-state index is 0.0481. The van der Waals surface area contributed by atoms with Crippen LogP contribution in [0.5, 0.6) is 11.5 Å². The molecule has 46 heavy (non-hydrogen) atoms. The van der Waals surface area contributed by atoms with E-state index in [0.717, 1.165) is 29.3 Å². The summed E-state index contributed by atoms with van der Waals surface area (Å²) in [6, 6.07) is 12.3. The summed E-state index contributed by atoms with van der Waals surface area (Å²) in [6.45, 7) is 9.89. The molecule has 1 atom stereocenters. The van der Waals surface area contributed by atoms with Crippen molar-refractivity contribution in [1.82, 2.24) is 10.7 Å². The Morgan fingerprint density at radius 3 is 2.28 bits per heavy atom. The topological polar surface area (TPSA) is 175 Å². The summed E-state index contributed by atoms with van der Waals surface area (Å²) < 4.78 is 12.0. The fourth-order valence-electron chi connectivity index (χ4n) is 4.39. The van der Waals surface area contributed by atoms with Crippen molar-refractivity contribution < 1.29 is 28.9 Å². The van der Waals surface area contributed by atoms with E-state index in [2.05, 4.69) is 22.4 Å². The van der Waals surface area contributed by atoms with Gasteiger partial charge in [-0.15, -0.1) is 6.58 Å². The fourth-order valence-corrected chi connectivity index (χ4v) is 4.58. The van der Waals surface area contributed by atoms with Gasteiger partial charge in [0.15, 0.2) is 11.5 Å². The molecule has 0 aromatic heterocycles. The van der Waals surface area contributed by atoms with Crippen LogP contribution in [-0.2, 0) is 17.8 Å². The molecule has 0 aliphatic carbocycles. The molecule has 0 spiro atoms. The van der Waals surface area contributed by atoms with Crippen LogP contribution in [0.1, 0.15) is 54.2 Å². The molecule has 0 fully saturated rings. The molecule has 0 radical (unpaired) electrons. The lowest BCUT2D eigenvalue weighted by Crippen LogP contribution is -2.46. The minimum Gasteiger partial charge on any atom is -0.490 e. The average molecular weight is 652 g/mol. The van der Waals surface area contributed by atoms with E-state index in [-0.39, 0.29) is 24.5 Å². The second-order valence-electron chi connectivity index (χ2n) is 10.5. The number of hydrazone groups is 1. The summed E-state index contributed by atoms with van der Waals surface area (Å²) in [6.07, 6.45) is 3.76. The van der Waals surface area contributed by atoms with Crippen molar-refractivity contribution in [3.63, 3.8) is 0 Å². The first-order valence-corrected chi connectivity index (χ1v) is 14.7. The number of rotatable bonds is 16. The molecule has 0 heterocycles. The molecular weight excluding hydrogens is 618 g/mol. The molecule has 13 nitrogen and oxygen atoms in total. The van der Waals surface area contributed by atoms with E-state index < -0.39 is 39.1 Å². The second kappa shape index (κ2) is 16.7. The molecule has 0 unspecified atom stereocenters. The standard InChI is InChI=1S/C32H34ClN5O8/c1-5-9-22-13-21(14-29(45-6-2)30(22)46-19-23-10-7-8-11-27(23)33)18-34-36-32(40)28(12-20(3)4)35-31(39)24-15-25(37(41)42)17-26(16-24)38(43)44/h5,7-8,10-11,13-18,20,28H,1,6,9,12,19H2,2-4H3,(H,35,39)(H,36,40)/b34-18-/t28-/m1/s1. The van der Waals surface area contributed by atoms with Crippen LogP contribution in [0.3, 0.4) is 0 Å². The first kappa shape index (κ1) is 35.2. The molecule has 2 N–H and O–H groups in total. The summed E-state index contributed by atoms with van der Waals surface area (Å²) >= 11 is 6.29. The third-order valence-corrected chi connectivity index (χ3v) is 6.82. The Kier molecular flexibility index (Phi) is 12.8. The molecule has 0 saturated carbocycles. The third kappa shape index (κ3) is 9.86. The number of benzene rings is 3. The molecular formula is C32H34ClN5O8. The molecule has 3 aromatic carbocycles. The third-order valence-electron chi connectivity index (χ3n) is 6.45. The zero-order chi connectivity index (χ0) is 33.8. The Balaban J connectivity index is 1.81. The van der Waals surface area contributed by atoms with Crippen molar-refractivity contribution in [2.24, 2.45) is 11.0 Å². The van der Waals surface area contributed by atoms with Gasteiger partial charge in [0.25, 0.3) is 23.2 Å². The fraction of sp³-hybridized carbons (Fsp3) is 0.281. The Bertz CT molecular complexity index is 1610. The number of carbonyl (C=O) groups excluding carboxylic acids is 2. The van der Waals surface area contributed by atoms with Crippen LogP contribution in [0, 0.1) is 26.1 Å². The van der Waals surface area contributed by atoms with E-state index in [1.165, 1.54) is 6.21 Å². The van der Waals surface area contributed by atoms with Crippen LogP contribution in [0.15, 0.2) is 72.4 Å². The van der Waals surface area contributed by atoms with Crippen LogP contribution in [0.2, 0.25) is 5.02 Å². The number of halogens is 1. The number of nitrogens with one attached hydrogen (secondary N) is 2. The van der Waals surface area contributed by atoms with E-state index in [9.17, 15) is 29.8 Å². The highest BCUT2D eigenvalue weighted by atomic mass is 35.5. The number of nitrogens with zero attached hydrogens (tertiary/aromatic N) is 3. The lowest BCUT2D eigenvalue weighted by Gasteiger charge is -2.19. The Morgan fingerprint density at radius 2 is 1.70 bits per heavy atom. The lowest BCUT2D eigenvalue weighted by molar-refractivity contribution is -0.394. The van der Waals surface area contributed by atoms with Crippen molar-refractivity contribution >= 4 is 41.0 Å². The highest BCUT2D eigenvalue weighted by Gasteiger charge is 2.25. The van der Waals surface area contributed by atoms with Gasteiger partial charge in [0, 0.05) is 28.3 Å². The van der Waals surface area contributed by atoms with Gasteiger partial charge in [-0.25, -0.2) is 5.43 Å². The smallest absolute Gasteiger partial charge is 0.277 e. The van der Waals surface area contributed by atoms with Crippen LogP contribution in [-0.4, -0.2) is 40.5 Å². The van der Waals surface area contributed by atoms with Crippen molar-refractivity contribution in [1.29, 1.82) is 0 Å². The van der Waals surface area contributed by atoms with Crippen molar-refractivity contribution in [3.8, 4) is 11.5 Å². The first-order valence-electron chi connectivity index (χ1n) is 14.3. The summed E-state index contributed by atoms with van der Waals surface area (Å²) in [5, 5.41) is 29.6. The predicted octanol–water partition coefficient (Wildman–Crippen LogP) is 6.16. The highest BCUT2D eigenvalue weighted by molar-refractivity contribution is 6.31. The average Bonchev–Trinajstić information content (AvgIpc) is 3.00. The normalized spacial score (nSPS) is 11.6. The zero-order valence-electron chi connectivity index (χ0n) is 25.5. The van der Waals surface area contributed by atoms with E-state index in [4.69, 9.17) is 21.1 Å². The number of ether oxygens (including phenoxy) is 2. The molecule has 0 aliphatic heterocycles. The molecule has 14 heteroatoms. The number of carbonyl (C=O) groups is 2. The number of amides is 2. The minimum atomic E-state index is -1.10. The number of nitro benzene ring substituents is 2. The van der Waals surface area contributed by atoms with Gasteiger partial charge in [-0.1, -0.05) is 49.7 Å². The Morgan fingerprint density at radius 1 is 1.02 bits per heavy atom. The summed E-state index contributed by atoms with van der Waals surface area (Å²) in [5.41, 5.74) is 2.97. The SMILES string of the molecule is C=CCc1cc(/C=N\NC(=O)[C@@H](CC(C)C)NC(=O)c2cc([N+](=O)[O-])cc([N+](=O)[O-])c2)cc(OCC)c1OCc1ccccc1Cl. The molecule has 242 valence electrons. The number of hydrogen-bond donors (Lipinski definition) is 2. The van der Waals surface area contributed by atoms with E-state index in [0.29, 0.717) is 35.1 Å². The molecule has 3 rings (SSSR count). The van der Waals surface area contributed by atoms with Crippen molar-refractivity contribution in [2.75, 3.05) is 6.61 Å². The van der Waals surface area contributed by atoms with Gasteiger partial charge in [-0.05, 0) is 49.4 Å². The number of non-ortho nitro benzene ring substituents is 2. The van der Waals surface area contributed by atoms with Crippen LogP contribution in [0.4, 0.5) is 11.4 Å². The largest absolute Gasteiger partial charge is 0.490 e. The van der Waals surface area contributed by atoms with Gasteiger partial charge in [0.2, 0.25) is 0 Å². The van der Waals surface area contributed by atoms with Gasteiger partial charge < -0.3 is 14.8 Å². The number of allylic oxidation sites excluding steroid dienone is 1. The monoisotopic (exact) mass is 651 g/mol.